The molecular formula is C14H21N. The molecule has 0 atom stereocenters. The van der Waals surface area contributed by atoms with Crippen LogP contribution < -0.4 is 5.32 Å². The number of benzene rings is 1. The first kappa shape index (κ1) is 10.5. The quantitative estimate of drug-likeness (QED) is 0.677. The van der Waals surface area contributed by atoms with Gasteiger partial charge in [0.2, 0.25) is 0 Å². The Labute approximate surface area is 92.9 Å². The molecule has 0 bridgehead atoms. The fourth-order valence-electron chi connectivity index (χ4n) is 2.21. The molecule has 0 saturated heterocycles. The van der Waals surface area contributed by atoms with Gasteiger partial charge >= 0.3 is 0 Å². The first-order valence-electron chi connectivity index (χ1n) is 5.70. The maximum absolute atomic E-state index is 3.55. The van der Waals surface area contributed by atoms with Gasteiger partial charge in [0.25, 0.3) is 0 Å². The van der Waals surface area contributed by atoms with Crippen molar-refractivity contribution >= 4 is 5.69 Å². The summed E-state index contributed by atoms with van der Waals surface area (Å²) in [5.41, 5.74) is 4.68. The maximum atomic E-state index is 3.55. The second kappa shape index (κ2) is 3.01. The number of nitrogens with one attached hydrogen (secondary N) is 1. The van der Waals surface area contributed by atoms with Gasteiger partial charge in [-0.3, -0.25) is 0 Å². The van der Waals surface area contributed by atoms with Crippen LogP contribution in [0.1, 0.15) is 45.7 Å². The lowest BCUT2D eigenvalue weighted by Crippen LogP contribution is -2.26. The Morgan fingerprint density at radius 1 is 1.20 bits per heavy atom. The Morgan fingerprint density at radius 2 is 1.87 bits per heavy atom. The minimum Gasteiger partial charge on any atom is -0.380 e. The van der Waals surface area contributed by atoms with E-state index in [0.717, 1.165) is 6.42 Å². The van der Waals surface area contributed by atoms with Gasteiger partial charge in [0.15, 0.2) is 0 Å². The molecule has 0 aromatic heterocycles. The normalized spacial score (nSPS) is 18.5. The molecule has 0 saturated carbocycles. The van der Waals surface area contributed by atoms with E-state index in [1.54, 1.807) is 0 Å². The molecule has 15 heavy (non-hydrogen) atoms. The van der Waals surface area contributed by atoms with Gasteiger partial charge in [0, 0.05) is 11.2 Å². The third-order valence-electron chi connectivity index (χ3n) is 3.08. The molecule has 1 aliphatic rings. The highest BCUT2D eigenvalue weighted by Crippen LogP contribution is 2.35. The van der Waals surface area contributed by atoms with Crippen molar-refractivity contribution in [3.8, 4) is 0 Å². The van der Waals surface area contributed by atoms with Gasteiger partial charge in [0.1, 0.15) is 0 Å². The minimum atomic E-state index is 0.221. The van der Waals surface area contributed by atoms with Crippen molar-refractivity contribution in [2.45, 2.75) is 52.0 Å². The molecule has 1 aromatic rings. The molecular weight excluding hydrogens is 182 g/mol. The van der Waals surface area contributed by atoms with E-state index in [1.165, 1.54) is 16.8 Å². The van der Waals surface area contributed by atoms with E-state index in [9.17, 15) is 0 Å². The molecule has 2 rings (SSSR count). The largest absolute Gasteiger partial charge is 0.380 e. The van der Waals surface area contributed by atoms with Gasteiger partial charge in [-0.05, 0) is 42.9 Å². The van der Waals surface area contributed by atoms with Crippen molar-refractivity contribution in [3.63, 3.8) is 0 Å². The zero-order chi connectivity index (χ0) is 11.3. The lowest BCUT2D eigenvalue weighted by atomic mass is 9.85. The average molecular weight is 203 g/mol. The third-order valence-corrected chi connectivity index (χ3v) is 3.08. The van der Waals surface area contributed by atoms with Gasteiger partial charge in [0.05, 0.1) is 0 Å². The molecule has 0 unspecified atom stereocenters. The molecule has 1 aliphatic heterocycles. The summed E-state index contributed by atoms with van der Waals surface area (Å²) in [5.74, 6) is 0. The standard InChI is InChI=1S/C14H21N/c1-13(2,3)11-6-7-12-10(8-11)9-14(4,5)15-12/h6-8,15H,9H2,1-5H3. The first-order chi connectivity index (χ1) is 6.78. The van der Waals surface area contributed by atoms with E-state index in [0.29, 0.717) is 0 Å². The van der Waals surface area contributed by atoms with Crippen LogP contribution in [-0.4, -0.2) is 5.54 Å². The summed E-state index contributed by atoms with van der Waals surface area (Å²) in [6, 6.07) is 6.83. The van der Waals surface area contributed by atoms with Crippen LogP contribution >= 0.6 is 0 Å². The average Bonchev–Trinajstić information content (AvgIpc) is 2.34. The van der Waals surface area contributed by atoms with Crippen molar-refractivity contribution in [2.75, 3.05) is 5.32 Å². The van der Waals surface area contributed by atoms with Crippen LogP contribution in [0.3, 0.4) is 0 Å². The molecule has 1 aromatic carbocycles. The van der Waals surface area contributed by atoms with E-state index >= 15 is 0 Å². The van der Waals surface area contributed by atoms with Gasteiger partial charge in [-0.2, -0.15) is 0 Å². The zero-order valence-electron chi connectivity index (χ0n) is 10.4. The number of rotatable bonds is 0. The molecule has 1 nitrogen and oxygen atoms in total. The second-order valence-corrected chi connectivity index (χ2v) is 6.31. The Hall–Kier alpha value is -0.980. The van der Waals surface area contributed by atoms with E-state index in [-0.39, 0.29) is 11.0 Å². The lowest BCUT2D eigenvalue weighted by molar-refractivity contribution is 0.583. The van der Waals surface area contributed by atoms with Crippen LogP contribution in [-0.2, 0) is 11.8 Å². The van der Waals surface area contributed by atoms with Crippen molar-refractivity contribution in [1.29, 1.82) is 0 Å². The Balaban J connectivity index is 2.39. The predicted molar refractivity (Wildman–Crippen MR) is 66.5 cm³/mol. The topological polar surface area (TPSA) is 12.0 Å². The van der Waals surface area contributed by atoms with Crippen molar-refractivity contribution in [1.82, 2.24) is 0 Å². The molecule has 1 heterocycles. The van der Waals surface area contributed by atoms with Gasteiger partial charge in [-0.15, -0.1) is 0 Å². The number of hydrogen-bond acceptors (Lipinski definition) is 1. The summed E-state index contributed by atoms with van der Waals surface area (Å²) >= 11 is 0. The van der Waals surface area contributed by atoms with Crippen molar-refractivity contribution in [2.24, 2.45) is 0 Å². The third kappa shape index (κ3) is 2.01. The van der Waals surface area contributed by atoms with Crippen molar-refractivity contribution in [3.05, 3.63) is 29.3 Å². The summed E-state index contributed by atoms with van der Waals surface area (Å²) in [7, 11) is 0. The highest BCUT2D eigenvalue weighted by Gasteiger charge is 2.28. The summed E-state index contributed by atoms with van der Waals surface area (Å²) in [5, 5.41) is 3.55. The zero-order valence-corrected chi connectivity index (χ0v) is 10.4. The molecule has 0 aliphatic carbocycles. The van der Waals surface area contributed by atoms with Gasteiger partial charge < -0.3 is 5.32 Å². The van der Waals surface area contributed by atoms with Crippen LogP contribution in [0.4, 0.5) is 5.69 Å². The van der Waals surface area contributed by atoms with Crippen LogP contribution in [0.15, 0.2) is 18.2 Å². The van der Waals surface area contributed by atoms with Crippen LogP contribution in [0.2, 0.25) is 0 Å². The predicted octanol–water partition coefficient (Wildman–Crippen LogP) is 3.73. The molecule has 0 fully saturated rings. The smallest absolute Gasteiger partial charge is 0.0378 e. The summed E-state index contributed by atoms with van der Waals surface area (Å²) < 4.78 is 0. The van der Waals surface area contributed by atoms with E-state index in [1.807, 2.05) is 0 Å². The molecule has 82 valence electrons. The van der Waals surface area contributed by atoms with E-state index in [4.69, 9.17) is 0 Å². The van der Waals surface area contributed by atoms with Crippen LogP contribution in [0.5, 0.6) is 0 Å². The first-order valence-corrected chi connectivity index (χ1v) is 5.70. The Morgan fingerprint density at radius 3 is 2.47 bits per heavy atom. The Kier molecular flexibility index (Phi) is 2.11. The number of fused-ring (bicyclic) bond motifs is 1. The molecule has 1 heteroatoms. The lowest BCUT2D eigenvalue weighted by Gasteiger charge is -2.19. The maximum Gasteiger partial charge on any atom is 0.0378 e. The Bertz CT molecular complexity index is 383. The molecule has 1 N–H and O–H groups in total. The minimum absolute atomic E-state index is 0.221. The molecule has 0 radical (unpaired) electrons. The van der Waals surface area contributed by atoms with E-state index < -0.39 is 0 Å². The van der Waals surface area contributed by atoms with Gasteiger partial charge in [-0.1, -0.05) is 32.9 Å². The monoisotopic (exact) mass is 203 g/mol. The second-order valence-electron chi connectivity index (χ2n) is 6.31. The highest BCUT2D eigenvalue weighted by molar-refractivity contribution is 5.60. The summed E-state index contributed by atoms with van der Waals surface area (Å²) in [4.78, 5) is 0. The number of hydrogen-bond donors (Lipinski definition) is 1. The van der Waals surface area contributed by atoms with Crippen LogP contribution in [0.25, 0.3) is 0 Å². The van der Waals surface area contributed by atoms with Crippen molar-refractivity contribution < 1.29 is 0 Å². The number of anilines is 1. The fraction of sp³-hybridized carbons (Fsp3) is 0.571. The van der Waals surface area contributed by atoms with Gasteiger partial charge in [-0.25, -0.2) is 0 Å². The summed E-state index contributed by atoms with van der Waals surface area (Å²) in [6.45, 7) is 11.3. The molecule has 0 spiro atoms. The van der Waals surface area contributed by atoms with E-state index in [2.05, 4.69) is 58.1 Å². The van der Waals surface area contributed by atoms with Crippen LogP contribution in [0, 0.1) is 0 Å². The fourth-order valence-corrected chi connectivity index (χ4v) is 2.21. The SMILES string of the molecule is CC1(C)Cc2cc(C(C)(C)C)ccc2N1. The molecule has 0 amide bonds. The highest BCUT2D eigenvalue weighted by atomic mass is 15.0. The summed E-state index contributed by atoms with van der Waals surface area (Å²) in [6.07, 6.45) is 1.13.